The zero-order valence-electron chi connectivity index (χ0n) is 14.1. The summed E-state index contributed by atoms with van der Waals surface area (Å²) < 4.78 is 7.05. The number of para-hydroxylation sites is 1. The first-order chi connectivity index (χ1) is 11.3. The molecule has 0 bridgehead atoms. The van der Waals surface area contributed by atoms with Crippen LogP contribution >= 0.6 is 23.4 Å². The molecular formula is C17H21NO4S2. The van der Waals surface area contributed by atoms with Gasteiger partial charge in [0.1, 0.15) is 12.0 Å². The minimum Gasteiger partial charge on any atom is -0.481 e. The van der Waals surface area contributed by atoms with E-state index < -0.39 is 17.4 Å². The minimum atomic E-state index is -1.06. The molecule has 0 unspecified atom stereocenters. The topological polar surface area (TPSA) is 76.5 Å². The van der Waals surface area contributed by atoms with Crippen molar-refractivity contribution in [2.75, 3.05) is 0 Å². The van der Waals surface area contributed by atoms with Gasteiger partial charge in [0.25, 0.3) is 0 Å². The van der Waals surface area contributed by atoms with Gasteiger partial charge in [-0.2, -0.15) is 0 Å². The van der Waals surface area contributed by atoms with Gasteiger partial charge in [0.2, 0.25) is 0 Å². The summed E-state index contributed by atoms with van der Waals surface area (Å²) in [6, 6.07) is 7.68. The van der Waals surface area contributed by atoms with Crippen molar-refractivity contribution in [3.63, 3.8) is 0 Å². The van der Waals surface area contributed by atoms with E-state index in [0.717, 1.165) is 22.3 Å². The van der Waals surface area contributed by atoms with E-state index in [1.807, 2.05) is 52.0 Å². The molecule has 0 aliphatic heterocycles. The van der Waals surface area contributed by atoms with Crippen LogP contribution in [0.3, 0.4) is 0 Å². The Kier molecular flexibility index (Phi) is 5.87. The van der Waals surface area contributed by atoms with Crippen molar-refractivity contribution >= 4 is 45.5 Å². The number of benzene rings is 1. The van der Waals surface area contributed by atoms with Crippen molar-refractivity contribution in [3.05, 3.63) is 24.3 Å². The lowest BCUT2D eigenvalue weighted by Gasteiger charge is -2.36. The summed E-state index contributed by atoms with van der Waals surface area (Å²) in [4.78, 5) is 28.4. The third kappa shape index (κ3) is 3.72. The van der Waals surface area contributed by atoms with Crippen LogP contribution in [-0.2, 0) is 13.8 Å². The summed E-state index contributed by atoms with van der Waals surface area (Å²) in [5.41, 5.74) is -0.208. The molecule has 24 heavy (non-hydrogen) atoms. The maximum atomic E-state index is 12.7. The highest BCUT2D eigenvalue weighted by Crippen LogP contribution is 2.42. The Balaban J connectivity index is 2.19. The maximum Gasteiger partial charge on any atom is 0.325 e. The molecule has 0 atom stereocenters. The van der Waals surface area contributed by atoms with Crippen LogP contribution in [0.4, 0.5) is 0 Å². The van der Waals surface area contributed by atoms with Crippen LogP contribution < -0.4 is 0 Å². The van der Waals surface area contributed by atoms with Gasteiger partial charge in [-0.05, 0) is 24.0 Å². The second-order valence-corrected chi connectivity index (χ2v) is 8.33. The summed E-state index contributed by atoms with van der Waals surface area (Å²) in [6.45, 7) is 7.41. The second kappa shape index (κ2) is 7.53. The number of carbonyl (C=O) groups is 2. The molecule has 7 heteroatoms. The fourth-order valence-corrected chi connectivity index (χ4v) is 4.55. The van der Waals surface area contributed by atoms with Gasteiger partial charge >= 0.3 is 11.9 Å². The first-order valence-corrected chi connectivity index (χ1v) is 9.29. The number of carboxylic acids is 1. The standard InChI is InChI=1S/C17H21NO4S2/c1-10(2)17(11(3)4,9-14(19)20)15(21)22-24-16-18-12-7-5-6-8-13(12)23-16/h5-8,10-11H,9H2,1-4H3,(H,19,20). The molecule has 0 saturated heterocycles. The Labute approximate surface area is 149 Å². The molecule has 0 spiro atoms. The number of aliphatic carboxylic acids is 1. The molecule has 1 aromatic heterocycles. The molecule has 1 heterocycles. The molecule has 0 amide bonds. The molecule has 130 valence electrons. The van der Waals surface area contributed by atoms with Crippen molar-refractivity contribution in [3.8, 4) is 0 Å². The smallest absolute Gasteiger partial charge is 0.325 e. The summed E-state index contributed by atoms with van der Waals surface area (Å²) in [6.07, 6.45) is -0.248. The van der Waals surface area contributed by atoms with E-state index in [9.17, 15) is 14.7 Å². The van der Waals surface area contributed by atoms with Gasteiger partial charge in [-0.25, -0.2) is 4.98 Å². The van der Waals surface area contributed by atoms with Crippen LogP contribution in [0.1, 0.15) is 34.1 Å². The summed E-state index contributed by atoms with van der Waals surface area (Å²) >= 11 is 2.35. The first-order valence-electron chi connectivity index (χ1n) is 7.73. The lowest BCUT2D eigenvalue weighted by Crippen LogP contribution is -2.43. The van der Waals surface area contributed by atoms with Gasteiger partial charge in [0, 0.05) is 0 Å². The predicted molar refractivity (Wildman–Crippen MR) is 95.9 cm³/mol. The third-order valence-corrected chi connectivity index (χ3v) is 6.10. The number of fused-ring (bicyclic) bond motifs is 1. The van der Waals surface area contributed by atoms with Crippen LogP contribution in [0.2, 0.25) is 0 Å². The molecule has 0 radical (unpaired) electrons. The number of carboxylic acid groups (broad SMARTS) is 1. The fourth-order valence-electron chi connectivity index (χ4n) is 2.91. The van der Waals surface area contributed by atoms with E-state index >= 15 is 0 Å². The van der Waals surface area contributed by atoms with Crippen molar-refractivity contribution in [2.45, 2.75) is 38.5 Å². The van der Waals surface area contributed by atoms with E-state index in [-0.39, 0.29) is 18.3 Å². The summed E-state index contributed by atoms with van der Waals surface area (Å²) in [5.74, 6) is -1.81. The van der Waals surface area contributed by atoms with E-state index in [2.05, 4.69) is 4.98 Å². The molecule has 1 aromatic carbocycles. The Morgan fingerprint density at radius 2 is 1.88 bits per heavy atom. The van der Waals surface area contributed by atoms with Gasteiger partial charge in [0.15, 0.2) is 4.34 Å². The predicted octanol–water partition coefficient (Wildman–Crippen LogP) is 4.62. The number of carbonyl (C=O) groups excluding carboxylic acids is 1. The van der Waals surface area contributed by atoms with Crippen LogP contribution in [0, 0.1) is 17.3 Å². The lowest BCUT2D eigenvalue weighted by atomic mass is 9.67. The zero-order chi connectivity index (χ0) is 17.9. The molecule has 5 nitrogen and oxygen atoms in total. The summed E-state index contributed by atoms with van der Waals surface area (Å²) in [7, 11) is 0. The molecule has 0 aliphatic carbocycles. The Morgan fingerprint density at radius 3 is 2.42 bits per heavy atom. The number of nitrogens with zero attached hydrogens (tertiary/aromatic N) is 1. The largest absolute Gasteiger partial charge is 0.481 e. The van der Waals surface area contributed by atoms with Crippen LogP contribution in [0.25, 0.3) is 10.2 Å². The highest BCUT2D eigenvalue weighted by molar-refractivity contribution is 7.97. The Bertz CT molecular complexity index is 698. The van der Waals surface area contributed by atoms with Crippen molar-refractivity contribution in [2.24, 2.45) is 17.3 Å². The molecular weight excluding hydrogens is 346 g/mol. The zero-order valence-corrected chi connectivity index (χ0v) is 15.7. The van der Waals surface area contributed by atoms with Crippen molar-refractivity contribution in [1.82, 2.24) is 4.98 Å². The van der Waals surface area contributed by atoms with Crippen LogP contribution in [-0.4, -0.2) is 22.0 Å². The number of hydrogen-bond donors (Lipinski definition) is 1. The van der Waals surface area contributed by atoms with Gasteiger partial charge in [-0.3, -0.25) is 9.59 Å². The molecule has 0 saturated carbocycles. The third-order valence-electron chi connectivity index (χ3n) is 4.35. The molecule has 1 N–H and O–H groups in total. The van der Waals surface area contributed by atoms with Crippen LogP contribution in [0.15, 0.2) is 28.6 Å². The van der Waals surface area contributed by atoms with E-state index in [1.165, 1.54) is 11.3 Å². The monoisotopic (exact) mass is 367 g/mol. The Morgan fingerprint density at radius 1 is 1.25 bits per heavy atom. The average molecular weight is 367 g/mol. The number of aromatic nitrogens is 1. The summed E-state index contributed by atoms with van der Waals surface area (Å²) in [5, 5.41) is 9.25. The highest BCUT2D eigenvalue weighted by Gasteiger charge is 2.48. The molecule has 0 fully saturated rings. The number of rotatable bonds is 7. The van der Waals surface area contributed by atoms with Gasteiger partial charge in [-0.1, -0.05) is 39.8 Å². The van der Waals surface area contributed by atoms with E-state index in [4.69, 9.17) is 4.18 Å². The number of hydrogen-bond acceptors (Lipinski definition) is 6. The fraction of sp³-hybridized carbons (Fsp3) is 0.471. The maximum absolute atomic E-state index is 12.7. The Hall–Kier alpha value is -1.60. The lowest BCUT2D eigenvalue weighted by molar-refractivity contribution is -0.159. The van der Waals surface area contributed by atoms with Gasteiger partial charge < -0.3 is 9.29 Å². The molecule has 2 rings (SSSR count). The number of thiazole rings is 1. The van der Waals surface area contributed by atoms with Crippen molar-refractivity contribution < 1.29 is 18.9 Å². The normalized spacial score (nSPS) is 12.1. The van der Waals surface area contributed by atoms with Gasteiger partial charge in [0.05, 0.1) is 22.1 Å². The SMILES string of the molecule is CC(C)C(CC(=O)O)(C(=O)OSc1nc2ccccc2s1)C(C)C. The van der Waals surface area contributed by atoms with E-state index in [1.54, 1.807) is 0 Å². The van der Waals surface area contributed by atoms with Crippen molar-refractivity contribution in [1.29, 1.82) is 0 Å². The highest BCUT2D eigenvalue weighted by atomic mass is 32.2. The minimum absolute atomic E-state index is 0.155. The quantitative estimate of drug-likeness (QED) is 0.720. The average Bonchev–Trinajstić information content (AvgIpc) is 2.92. The van der Waals surface area contributed by atoms with E-state index in [0.29, 0.717) is 4.34 Å². The van der Waals surface area contributed by atoms with Gasteiger partial charge in [-0.15, -0.1) is 11.3 Å². The second-order valence-electron chi connectivity index (χ2n) is 6.32. The molecule has 2 aromatic rings. The molecule has 0 aliphatic rings. The van der Waals surface area contributed by atoms with Crippen LogP contribution in [0.5, 0.6) is 0 Å². The first kappa shape index (κ1) is 18.7.